The molecule has 0 unspecified atom stereocenters. The monoisotopic (exact) mass is 266 g/mol. The third-order valence-corrected chi connectivity index (χ3v) is 2.74. The van der Waals surface area contributed by atoms with Crippen molar-refractivity contribution >= 4 is 11.8 Å². The Labute approximate surface area is 112 Å². The third-order valence-electron chi connectivity index (χ3n) is 2.74. The summed E-state index contributed by atoms with van der Waals surface area (Å²) in [4.78, 5) is 22.5. The number of carboxylic acids is 1. The highest BCUT2D eigenvalue weighted by Crippen LogP contribution is 2.27. The number of rotatable bonds is 6. The van der Waals surface area contributed by atoms with Gasteiger partial charge in [-0.3, -0.25) is 9.59 Å². The molecule has 0 radical (unpaired) electrons. The van der Waals surface area contributed by atoms with Gasteiger partial charge in [0.15, 0.2) is 5.78 Å². The van der Waals surface area contributed by atoms with Crippen LogP contribution in [0.4, 0.5) is 0 Å². The van der Waals surface area contributed by atoms with Gasteiger partial charge in [0, 0.05) is 6.07 Å². The van der Waals surface area contributed by atoms with Gasteiger partial charge in [-0.2, -0.15) is 0 Å². The molecule has 0 fully saturated rings. The van der Waals surface area contributed by atoms with Crippen LogP contribution < -0.4 is 9.47 Å². The van der Waals surface area contributed by atoms with Crippen LogP contribution in [0.1, 0.15) is 31.1 Å². The highest BCUT2D eigenvalue weighted by atomic mass is 16.5. The van der Waals surface area contributed by atoms with Crippen LogP contribution in [0.15, 0.2) is 18.2 Å². The maximum absolute atomic E-state index is 11.5. The van der Waals surface area contributed by atoms with E-state index in [9.17, 15) is 9.59 Å². The predicted molar refractivity (Wildman–Crippen MR) is 69.9 cm³/mol. The van der Waals surface area contributed by atoms with Crippen LogP contribution in [-0.2, 0) is 4.79 Å². The number of ketones is 1. The molecule has 1 aromatic carbocycles. The van der Waals surface area contributed by atoms with Gasteiger partial charge >= 0.3 is 5.97 Å². The number of aliphatic carboxylic acids is 1. The molecular formula is C14H18O5. The van der Waals surface area contributed by atoms with Gasteiger partial charge < -0.3 is 14.6 Å². The fourth-order valence-electron chi connectivity index (χ4n) is 1.36. The normalized spacial score (nSPS) is 10.9. The number of benzene rings is 1. The minimum atomic E-state index is -1.03. The second kappa shape index (κ2) is 5.73. The Morgan fingerprint density at radius 2 is 1.95 bits per heavy atom. The second-order valence-electron chi connectivity index (χ2n) is 4.90. The number of carbonyl (C=O) groups excluding carboxylic acids is 1. The smallest absolute Gasteiger partial charge is 0.312 e. The molecule has 5 nitrogen and oxygen atoms in total. The number of carboxylic acid groups (broad SMARTS) is 1. The van der Waals surface area contributed by atoms with E-state index >= 15 is 0 Å². The number of hydrogen-bond donors (Lipinski definition) is 1. The summed E-state index contributed by atoms with van der Waals surface area (Å²) in [6.45, 7) is 4.51. The molecule has 0 aliphatic carbocycles. The van der Waals surface area contributed by atoms with Crippen LogP contribution in [-0.4, -0.2) is 30.6 Å². The summed E-state index contributed by atoms with van der Waals surface area (Å²) in [5, 5.41) is 9.03. The van der Waals surface area contributed by atoms with Gasteiger partial charge in [-0.1, -0.05) is 0 Å². The number of hydrogen-bond acceptors (Lipinski definition) is 4. The van der Waals surface area contributed by atoms with Gasteiger partial charge in [-0.25, -0.2) is 0 Å². The van der Waals surface area contributed by atoms with Gasteiger partial charge in [-0.15, -0.1) is 0 Å². The van der Waals surface area contributed by atoms with E-state index in [1.165, 1.54) is 14.0 Å². The lowest BCUT2D eigenvalue weighted by molar-refractivity contribution is -0.148. The van der Waals surface area contributed by atoms with Crippen LogP contribution in [0.5, 0.6) is 11.5 Å². The average molecular weight is 266 g/mol. The van der Waals surface area contributed by atoms with E-state index in [1.54, 1.807) is 32.0 Å². The molecule has 1 rings (SSSR count). The van der Waals surface area contributed by atoms with Crippen molar-refractivity contribution in [3.05, 3.63) is 23.8 Å². The van der Waals surface area contributed by atoms with Crippen molar-refractivity contribution in [2.75, 3.05) is 13.7 Å². The van der Waals surface area contributed by atoms with Crippen molar-refractivity contribution in [2.45, 2.75) is 20.8 Å². The zero-order valence-electron chi connectivity index (χ0n) is 11.5. The van der Waals surface area contributed by atoms with Crippen LogP contribution in [0.25, 0.3) is 0 Å². The molecule has 19 heavy (non-hydrogen) atoms. The zero-order chi connectivity index (χ0) is 14.6. The van der Waals surface area contributed by atoms with Crippen molar-refractivity contribution in [3.8, 4) is 11.5 Å². The fraction of sp³-hybridized carbons (Fsp3) is 0.429. The summed E-state index contributed by atoms with van der Waals surface area (Å²) < 4.78 is 10.5. The van der Waals surface area contributed by atoms with Gasteiger partial charge in [0.1, 0.15) is 18.1 Å². The quantitative estimate of drug-likeness (QED) is 0.800. The number of Topliss-reactive ketones (excluding diaryl/α,β-unsaturated/α-hetero) is 1. The van der Waals surface area contributed by atoms with Crippen LogP contribution >= 0.6 is 0 Å². The van der Waals surface area contributed by atoms with E-state index in [4.69, 9.17) is 14.6 Å². The lowest BCUT2D eigenvalue weighted by Gasteiger charge is -2.20. The molecular weight excluding hydrogens is 248 g/mol. The molecule has 0 saturated heterocycles. The van der Waals surface area contributed by atoms with Gasteiger partial charge in [0.2, 0.25) is 0 Å². The Kier molecular flexibility index (Phi) is 4.53. The van der Waals surface area contributed by atoms with E-state index in [-0.39, 0.29) is 12.4 Å². The number of carbonyl (C=O) groups is 2. The first-order valence-corrected chi connectivity index (χ1v) is 5.83. The summed E-state index contributed by atoms with van der Waals surface area (Å²) in [5.74, 6) is -0.222. The molecule has 5 heteroatoms. The highest BCUT2D eigenvalue weighted by Gasteiger charge is 2.28. The van der Waals surface area contributed by atoms with Crippen molar-refractivity contribution in [3.63, 3.8) is 0 Å². The Bertz CT molecular complexity index is 491. The number of ether oxygens (including phenoxy) is 2. The van der Waals surface area contributed by atoms with E-state index in [0.29, 0.717) is 17.1 Å². The van der Waals surface area contributed by atoms with E-state index in [0.717, 1.165) is 0 Å². The van der Waals surface area contributed by atoms with Gasteiger partial charge in [-0.05, 0) is 32.9 Å². The SMILES string of the molecule is COc1ccc(C(C)=O)c(OCC(C)(C)C(=O)O)c1. The second-order valence-corrected chi connectivity index (χ2v) is 4.90. The van der Waals surface area contributed by atoms with Gasteiger partial charge in [0.05, 0.1) is 18.1 Å². The van der Waals surface area contributed by atoms with E-state index in [1.807, 2.05) is 0 Å². The van der Waals surface area contributed by atoms with Crippen molar-refractivity contribution in [1.82, 2.24) is 0 Å². The minimum Gasteiger partial charge on any atom is -0.497 e. The topological polar surface area (TPSA) is 72.8 Å². The van der Waals surface area contributed by atoms with Crippen molar-refractivity contribution < 1.29 is 24.2 Å². The summed E-state index contributed by atoms with van der Waals surface area (Å²) >= 11 is 0. The number of methoxy groups -OCH3 is 1. The third kappa shape index (κ3) is 3.71. The van der Waals surface area contributed by atoms with Gasteiger partial charge in [0.25, 0.3) is 0 Å². The van der Waals surface area contributed by atoms with Crippen molar-refractivity contribution in [2.24, 2.45) is 5.41 Å². The molecule has 0 saturated carbocycles. The molecule has 0 aliphatic heterocycles. The molecule has 1 N–H and O–H groups in total. The molecule has 1 aromatic rings. The maximum Gasteiger partial charge on any atom is 0.312 e. The van der Waals surface area contributed by atoms with Crippen LogP contribution in [0, 0.1) is 5.41 Å². The highest BCUT2D eigenvalue weighted by molar-refractivity contribution is 5.97. The molecule has 0 aromatic heterocycles. The summed E-state index contributed by atoms with van der Waals surface area (Å²) in [7, 11) is 1.51. The molecule has 0 bridgehead atoms. The molecule has 0 spiro atoms. The lowest BCUT2D eigenvalue weighted by atomic mass is 9.95. The average Bonchev–Trinajstić information content (AvgIpc) is 2.35. The summed E-state index contributed by atoms with van der Waals surface area (Å²) in [6, 6.07) is 4.84. The Hall–Kier alpha value is -2.04. The van der Waals surface area contributed by atoms with E-state index in [2.05, 4.69) is 0 Å². The Morgan fingerprint density at radius 3 is 2.42 bits per heavy atom. The molecule has 0 atom stereocenters. The van der Waals surface area contributed by atoms with Crippen LogP contribution in [0.3, 0.4) is 0 Å². The molecule has 0 amide bonds. The fourth-order valence-corrected chi connectivity index (χ4v) is 1.36. The first kappa shape index (κ1) is 15.0. The molecule has 0 heterocycles. The maximum atomic E-state index is 11.5. The molecule has 104 valence electrons. The summed E-state index contributed by atoms with van der Waals surface area (Å²) in [5.41, 5.74) is -0.626. The zero-order valence-corrected chi connectivity index (χ0v) is 11.5. The lowest BCUT2D eigenvalue weighted by Crippen LogP contribution is -2.31. The Morgan fingerprint density at radius 1 is 1.32 bits per heavy atom. The van der Waals surface area contributed by atoms with Crippen molar-refractivity contribution in [1.29, 1.82) is 0 Å². The van der Waals surface area contributed by atoms with Crippen LogP contribution in [0.2, 0.25) is 0 Å². The standard InChI is InChI=1S/C14H18O5/c1-9(15)11-6-5-10(18-4)7-12(11)19-8-14(2,3)13(16)17/h5-7H,8H2,1-4H3,(H,16,17). The predicted octanol–water partition coefficient (Wildman–Crippen LogP) is 2.39. The minimum absolute atomic E-state index is 0.0320. The molecule has 0 aliphatic rings. The summed E-state index contributed by atoms with van der Waals surface area (Å²) in [6.07, 6.45) is 0. The first-order valence-electron chi connectivity index (χ1n) is 5.83. The van der Waals surface area contributed by atoms with E-state index < -0.39 is 11.4 Å². The largest absolute Gasteiger partial charge is 0.497 e. The first-order chi connectivity index (χ1) is 8.77. The Balaban J connectivity index is 2.98.